The fourth-order valence-corrected chi connectivity index (χ4v) is 2.27. The molecule has 0 bridgehead atoms. The summed E-state index contributed by atoms with van der Waals surface area (Å²) in [6.45, 7) is 11.0. The van der Waals surface area contributed by atoms with E-state index in [9.17, 15) is 0 Å². The quantitative estimate of drug-likeness (QED) is 0.352. The minimum Gasteiger partial charge on any atom is -0.548 e. The normalized spacial score (nSPS) is 13.2. The standard InChI is InChI=1S/C11H24OSi/c1-6-7-8-9-10-11(2)12-13(3,4)5/h10H,6-9H2,1-5H3/b11-10+. The van der Waals surface area contributed by atoms with Crippen molar-refractivity contribution in [1.82, 2.24) is 0 Å². The van der Waals surface area contributed by atoms with Gasteiger partial charge < -0.3 is 4.43 Å². The van der Waals surface area contributed by atoms with E-state index < -0.39 is 8.32 Å². The fourth-order valence-electron chi connectivity index (χ4n) is 1.22. The van der Waals surface area contributed by atoms with Crippen molar-refractivity contribution < 1.29 is 4.43 Å². The van der Waals surface area contributed by atoms with E-state index in [-0.39, 0.29) is 0 Å². The van der Waals surface area contributed by atoms with Crippen molar-refractivity contribution in [3.63, 3.8) is 0 Å². The average molecular weight is 200 g/mol. The fraction of sp³-hybridized carbons (Fsp3) is 0.818. The van der Waals surface area contributed by atoms with E-state index in [1.165, 1.54) is 25.7 Å². The zero-order chi connectivity index (χ0) is 10.3. The predicted octanol–water partition coefficient (Wildman–Crippen LogP) is 4.32. The second kappa shape index (κ2) is 6.25. The van der Waals surface area contributed by atoms with Crippen LogP contribution in [0.1, 0.15) is 39.5 Å². The van der Waals surface area contributed by atoms with Crippen LogP contribution in [0.5, 0.6) is 0 Å². The molecule has 13 heavy (non-hydrogen) atoms. The van der Waals surface area contributed by atoms with Gasteiger partial charge in [0.15, 0.2) is 0 Å². The Balaban J connectivity index is 3.63. The van der Waals surface area contributed by atoms with Crippen LogP contribution in [-0.2, 0) is 4.43 Å². The molecular weight excluding hydrogens is 176 g/mol. The van der Waals surface area contributed by atoms with E-state index in [2.05, 4.69) is 39.6 Å². The van der Waals surface area contributed by atoms with E-state index in [4.69, 9.17) is 4.43 Å². The SMILES string of the molecule is CCCCC/C=C(\C)O[Si](C)(C)C. The molecule has 0 saturated carbocycles. The van der Waals surface area contributed by atoms with Gasteiger partial charge in [0, 0.05) is 0 Å². The van der Waals surface area contributed by atoms with Crippen LogP contribution in [0.25, 0.3) is 0 Å². The topological polar surface area (TPSA) is 9.23 Å². The highest BCUT2D eigenvalue weighted by atomic mass is 28.4. The summed E-state index contributed by atoms with van der Waals surface area (Å²) in [4.78, 5) is 0. The third-order valence-corrected chi connectivity index (χ3v) is 2.64. The maximum atomic E-state index is 5.82. The van der Waals surface area contributed by atoms with Crippen LogP contribution in [-0.4, -0.2) is 8.32 Å². The van der Waals surface area contributed by atoms with Gasteiger partial charge in [0.05, 0.1) is 5.76 Å². The van der Waals surface area contributed by atoms with Gasteiger partial charge in [-0.1, -0.05) is 19.8 Å². The minimum atomic E-state index is -1.36. The largest absolute Gasteiger partial charge is 0.548 e. The summed E-state index contributed by atoms with van der Waals surface area (Å²) in [6.07, 6.45) is 7.32. The number of hydrogen-bond acceptors (Lipinski definition) is 1. The predicted molar refractivity (Wildman–Crippen MR) is 62.3 cm³/mol. The van der Waals surface area contributed by atoms with Crippen molar-refractivity contribution in [2.45, 2.75) is 59.2 Å². The summed E-state index contributed by atoms with van der Waals surface area (Å²) in [7, 11) is -1.36. The van der Waals surface area contributed by atoms with Crippen molar-refractivity contribution in [3.8, 4) is 0 Å². The van der Waals surface area contributed by atoms with Gasteiger partial charge in [0.2, 0.25) is 8.32 Å². The average Bonchev–Trinajstić information content (AvgIpc) is 1.94. The van der Waals surface area contributed by atoms with Crippen LogP contribution < -0.4 is 0 Å². The molecule has 0 amide bonds. The molecule has 0 aliphatic heterocycles. The Labute approximate surface area is 84.3 Å². The van der Waals surface area contributed by atoms with E-state index in [1.807, 2.05) is 0 Å². The highest BCUT2D eigenvalue weighted by Crippen LogP contribution is 2.11. The van der Waals surface area contributed by atoms with E-state index in [1.54, 1.807) is 0 Å². The summed E-state index contributed by atoms with van der Waals surface area (Å²) in [5.74, 6) is 1.12. The lowest BCUT2D eigenvalue weighted by Crippen LogP contribution is -2.24. The monoisotopic (exact) mass is 200 g/mol. The van der Waals surface area contributed by atoms with Crippen molar-refractivity contribution in [3.05, 3.63) is 11.8 Å². The van der Waals surface area contributed by atoms with E-state index >= 15 is 0 Å². The molecule has 1 nitrogen and oxygen atoms in total. The van der Waals surface area contributed by atoms with Crippen LogP contribution in [0.4, 0.5) is 0 Å². The van der Waals surface area contributed by atoms with Gasteiger partial charge in [-0.3, -0.25) is 0 Å². The molecular formula is C11H24OSi. The van der Waals surface area contributed by atoms with Crippen LogP contribution in [0.3, 0.4) is 0 Å². The molecule has 0 aromatic heterocycles. The molecule has 0 saturated heterocycles. The lowest BCUT2D eigenvalue weighted by molar-refractivity contribution is 0.421. The van der Waals surface area contributed by atoms with Gasteiger partial charge in [0.25, 0.3) is 0 Å². The van der Waals surface area contributed by atoms with Crippen LogP contribution >= 0.6 is 0 Å². The second-order valence-electron chi connectivity index (χ2n) is 4.52. The molecule has 0 rings (SSSR count). The first-order valence-corrected chi connectivity index (χ1v) is 8.72. The lowest BCUT2D eigenvalue weighted by Gasteiger charge is -2.19. The van der Waals surface area contributed by atoms with Gasteiger partial charge in [-0.15, -0.1) is 0 Å². The second-order valence-corrected chi connectivity index (χ2v) is 8.95. The summed E-state index contributed by atoms with van der Waals surface area (Å²) in [5, 5.41) is 0. The van der Waals surface area contributed by atoms with Crippen LogP contribution in [0, 0.1) is 0 Å². The Morgan fingerprint density at radius 1 is 1.23 bits per heavy atom. The molecule has 0 heterocycles. The smallest absolute Gasteiger partial charge is 0.241 e. The Kier molecular flexibility index (Phi) is 6.13. The lowest BCUT2D eigenvalue weighted by atomic mass is 10.2. The molecule has 0 aliphatic carbocycles. The van der Waals surface area contributed by atoms with Crippen molar-refractivity contribution in [2.24, 2.45) is 0 Å². The van der Waals surface area contributed by atoms with Crippen molar-refractivity contribution in [2.75, 3.05) is 0 Å². The van der Waals surface area contributed by atoms with Crippen molar-refractivity contribution in [1.29, 1.82) is 0 Å². The first-order valence-electron chi connectivity index (χ1n) is 5.31. The molecule has 0 N–H and O–H groups in total. The van der Waals surface area contributed by atoms with E-state index in [0.717, 1.165) is 5.76 Å². The molecule has 2 heteroatoms. The maximum Gasteiger partial charge on any atom is 0.241 e. The number of rotatable bonds is 6. The molecule has 0 radical (unpaired) electrons. The molecule has 0 aromatic rings. The minimum absolute atomic E-state index is 1.12. The van der Waals surface area contributed by atoms with Gasteiger partial charge in [0.1, 0.15) is 0 Å². The Morgan fingerprint density at radius 2 is 1.85 bits per heavy atom. The summed E-state index contributed by atoms with van der Waals surface area (Å²) in [6, 6.07) is 0. The molecule has 0 aliphatic rings. The van der Waals surface area contributed by atoms with Crippen molar-refractivity contribution >= 4 is 8.32 Å². The molecule has 0 atom stereocenters. The summed E-state index contributed by atoms with van der Waals surface area (Å²) >= 11 is 0. The molecule has 0 aromatic carbocycles. The zero-order valence-corrected chi connectivity index (χ0v) is 10.8. The van der Waals surface area contributed by atoms with Gasteiger partial charge in [-0.25, -0.2) is 0 Å². The number of hydrogen-bond donors (Lipinski definition) is 0. The first kappa shape index (κ1) is 12.8. The molecule has 0 spiro atoms. The molecule has 0 fully saturated rings. The van der Waals surface area contributed by atoms with Crippen LogP contribution in [0.15, 0.2) is 11.8 Å². The zero-order valence-electron chi connectivity index (χ0n) is 9.81. The summed E-state index contributed by atoms with van der Waals surface area (Å²) < 4.78 is 5.82. The molecule has 0 unspecified atom stereocenters. The third kappa shape index (κ3) is 9.67. The highest BCUT2D eigenvalue weighted by Gasteiger charge is 2.15. The first-order chi connectivity index (χ1) is 5.95. The van der Waals surface area contributed by atoms with Gasteiger partial charge in [-0.2, -0.15) is 0 Å². The Morgan fingerprint density at radius 3 is 2.31 bits per heavy atom. The summed E-state index contributed by atoms with van der Waals surface area (Å²) in [5.41, 5.74) is 0. The Bertz CT molecular complexity index is 156. The van der Waals surface area contributed by atoms with E-state index in [0.29, 0.717) is 0 Å². The van der Waals surface area contributed by atoms with Crippen LogP contribution in [0.2, 0.25) is 19.6 Å². The highest BCUT2D eigenvalue weighted by molar-refractivity contribution is 6.70. The number of allylic oxidation sites excluding steroid dienone is 2. The maximum absolute atomic E-state index is 5.82. The third-order valence-electron chi connectivity index (χ3n) is 1.71. The Hall–Kier alpha value is -0.243. The number of unbranched alkanes of at least 4 members (excludes halogenated alkanes) is 3. The van der Waals surface area contributed by atoms with Gasteiger partial charge in [-0.05, 0) is 45.5 Å². The molecule has 78 valence electrons. The van der Waals surface area contributed by atoms with Gasteiger partial charge >= 0.3 is 0 Å².